The van der Waals surface area contributed by atoms with Crippen LogP contribution in [0.4, 0.5) is 23.7 Å². The molecule has 0 radical (unpaired) electrons. The Morgan fingerprint density at radius 2 is 1.54 bits per heavy atom. The summed E-state index contributed by atoms with van der Waals surface area (Å²) in [6.07, 6.45) is -0.340. The van der Waals surface area contributed by atoms with Crippen LogP contribution in [0.2, 0.25) is 0 Å². The summed E-state index contributed by atoms with van der Waals surface area (Å²) in [6.45, 7) is 7.05. The van der Waals surface area contributed by atoms with Gasteiger partial charge in [0.2, 0.25) is 0 Å². The number of carbonyl (C=O) groups is 2. The Labute approximate surface area is 227 Å². The van der Waals surface area contributed by atoms with Gasteiger partial charge in [-0.15, -0.1) is 13.2 Å². The highest BCUT2D eigenvalue weighted by molar-refractivity contribution is 5.89. The Balaban J connectivity index is 1.68. The number of nitrogens with one attached hydrogen (secondary N) is 2. The quantitative estimate of drug-likeness (QED) is 0.266. The molecule has 0 heterocycles. The van der Waals surface area contributed by atoms with Gasteiger partial charge < -0.3 is 25.2 Å². The zero-order chi connectivity index (χ0) is 28.6. The van der Waals surface area contributed by atoms with Gasteiger partial charge in [0.05, 0.1) is 12.6 Å². The summed E-state index contributed by atoms with van der Waals surface area (Å²) in [5, 5.41) is 14.5. The topological polar surface area (TPSA) is 96.9 Å². The molecule has 1 unspecified atom stereocenters. The smallest absolute Gasteiger partial charge is 0.494 e. The number of benzene rings is 2. The monoisotopic (exact) mass is 550 g/mol. The van der Waals surface area contributed by atoms with E-state index in [9.17, 15) is 22.8 Å². The van der Waals surface area contributed by atoms with Gasteiger partial charge in [-0.05, 0) is 91.3 Å². The largest absolute Gasteiger partial charge is 0.573 e. The third-order valence-electron chi connectivity index (χ3n) is 7.14. The number of alkyl halides is 3. The maximum atomic E-state index is 13.0. The Morgan fingerprint density at radius 1 is 0.949 bits per heavy atom. The second kappa shape index (κ2) is 13.1. The third kappa shape index (κ3) is 10.00. The molecule has 214 valence electrons. The number of aliphatic carboxylic acids is 1. The number of rotatable bonds is 10. The minimum atomic E-state index is -4.79. The van der Waals surface area contributed by atoms with Crippen molar-refractivity contribution in [1.82, 2.24) is 5.32 Å². The van der Waals surface area contributed by atoms with Crippen molar-refractivity contribution in [2.24, 2.45) is 17.3 Å². The molecule has 1 fully saturated rings. The van der Waals surface area contributed by atoms with Gasteiger partial charge in [-0.3, -0.25) is 4.79 Å². The molecule has 0 bridgehead atoms. The normalized spacial score (nSPS) is 18.6. The summed E-state index contributed by atoms with van der Waals surface area (Å²) >= 11 is 0. The molecular formula is C29H37F3N2O5. The maximum Gasteiger partial charge on any atom is 0.573 e. The molecule has 10 heteroatoms. The van der Waals surface area contributed by atoms with Crippen LogP contribution in [-0.2, 0) is 4.79 Å². The van der Waals surface area contributed by atoms with E-state index in [4.69, 9.17) is 9.84 Å². The first-order valence-corrected chi connectivity index (χ1v) is 13.2. The number of urea groups is 1. The first-order valence-electron chi connectivity index (χ1n) is 13.2. The second-order valence-corrected chi connectivity index (χ2v) is 11.0. The summed E-state index contributed by atoms with van der Waals surface area (Å²) in [5.74, 6) is 0.187. The van der Waals surface area contributed by atoms with E-state index in [2.05, 4.69) is 36.1 Å². The first-order chi connectivity index (χ1) is 18.3. The van der Waals surface area contributed by atoms with Crippen molar-refractivity contribution in [1.29, 1.82) is 0 Å². The number of anilines is 1. The van der Waals surface area contributed by atoms with Crippen molar-refractivity contribution in [3.8, 4) is 11.5 Å². The molecule has 1 atom stereocenters. The molecule has 1 aliphatic carbocycles. The fraction of sp³-hybridized carbons (Fsp3) is 0.517. The van der Waals surface area contributed by atoms with E-state index in [0.717, 1.165) is 43.4 Å². The van der Waals surface area contributed by atoms with Gasteiger partial charge in [-0.25, -0.2) is 4.79 Å². The second-order valence-electron chi connectivity index (χ2n) is 11.0. The van der Waals surface area contributed by atoms with Crippen molar-refractivity contribution in [3.05, 3.63) is 54.1 Å². The summed E-state index contributed by atoms with van der Waals surface area (Å²) in [6, 6.07) is 11.7. The molecule has 0 aromatic heterocycles. The molecule has 2 amide bonds. The summed E-state index contributed by atoms with van der Waals surface area (Å²) in [4.78, 5) is 23.6. The van der Waals surface area contributed by atoms with E-state index in [1.54, 1.807) is 0 Å². The van der Waals surface area contributed by atoms with E-state index in [0.29, 0.717) is 30.4 Å². The van der Waals surface area contributed by atoms with E-state index < -0.39 is 18.4 Å². The predicted octanol–water partition coefficient (Wildman–Crippen LogP) is 7.54. The zero-order valence-corrected chi connectivity index (χ0v) is 22.5. The van der Waals surface area contributed by atoms with Crippen LogP contribution in [0, 0.1) is 17.3 Å². The van der Waals surface area contributed by atoms with Crippen LogP contribution in [0.15, 0.2) is 48.5 Å². The molecule has 7 nitrogen and oxygen atoms in total. The number of carboxylic acid groups (broad SMARTS) is 1. The number of amides is 2. The predicted molar refractivity (Wildman–Crippen MR) is 142 cm³/mol. The Kier molecular flexibility index (Phi) is 10.1. The lowest BCUT2D eigenvalue weighted by molar-refractivity contribution is -0.274. The Bertz CT molecular complexity index is 1070. The van der Waals surface area contributed by atoms with E-state index in [1.807, 2.05) is 24.3 Å². The van der Waals surface area contributed by atoms with Gasteiger partial charge in [0.15, 0.2) is 0 Å². The highest BCUT2D eigenvalue weighted by Crippen LogP contribution is 2.43. The van der Waals surface area contributed by atoms with Crippen LogP contribution in [0.25, 0.3) is 0 Å². The van der Waals surface area contributed by atoms with Gasteiger partial charge in [0, 0.05) is 12.1 Å². The summed E-state index contributed by atoms with van der Waals surface area (Å²) in [5.41, 5.74) is 1.46. The maximum absolute atomic E-state index is 13.0. The number of halogens is 3. The van der Waals surface area contributed by atoms with Gasteiger partial charge in [-0.1, -0.05) is 32.9 Å². The number of hydrogen-bond acceptors (Lipinski definition) is 4. The number of carboxylic acids is 1. The van der Waals surface area contributed by atoms with Gasteiger partial charge in [-0.2, -0.15) is 0 Å². The molecule has 3 rings (SSSR count). The van der Waals surface area contributed by atoms with Gasteiger partial charge in [0.1, 0.15) is 11.5 Å². The van der Waals surface area contributed by atoms with E-state index >= 15 is 0 Å². The molecular weight excluding hydrogens is 513 g/mol. The molecule has 0 saturated heterocycles. The average Bonchev–Trinajstić information content (AvgIpc) is 2.85. The van der Waals surface area contributed by atoms with Crippen LogP contribution >= 0.6 is 0 Å². The molecule has 1 saturated carbocycles. The molecule has 2 aromatic rings. The number of ether oxygens (including phenoxy) is 2. The van der Waals surface area contributed by atoms with Crippen LogP contribution < -0.4 is 20.1 Å². The van der Waals surface area contributed by atoms with Crippen molar-refractivity contribution in [3.63, 3.8) is 0 Å². The molecule has 0 aliphatic heterocycles. The molecule has 0 spiro atoms. The fourth-order valence-electron chi connectivity index (χ4n) is 5.03. The lowest BCUT2D eigenvalue weighted by atomic mass is 9.68. The lowest BCUT2D eigenvalue weighted by Gasteiger charge is -2.39. The van der Waals surface area contributed by atoms with Crippen molar-refractivity contribution >= 4 is 17.7 Å². The van der Waals surface area contributed by atoms with E-state index in [-0.39, 0.29) is 29.5 Å². The lowest BCUT2D eigenvalue weighted by Crippen LogP contribution is -2.38. The molecule has 39 heavy (non-hydrogen) atoms. The van der Waals surface area contributed by atoms with Crippen LogP contribution in [0.5, 0.6) is 11.5 Å². The van der Waals surface area contributed by atoms with Crippen LogP contribution in [0.3, 0.4) is 0 Å². The average molecular weight is 551 g/mol. The Morgan fingerprint density at radius 3 is 2.08 bits per heavy atom. The highest BCUT2D eigenvalue weighted by Gasteiger charge is 2.34. The minimum Gasteiger partial charge on any atom is -0.494 e. The summed E-state index contributed by atoms with van der Waals surface area (Å²) < 4.78 is 46.8. The van der Waals surface area contributed by atoms with Gasteiger partial charge in [0.25, 0.3) is 0 Å². The van der Waals surface area contributed by atoms with Crippen LogP contribution in [-0.4, -0.2) is 30.1 Å². The van der Waals surface area contributed by atoms with Crippen molar-refractivity contribution in [2.45, 2.75) is 71.7 Å². The third-order valence-corrected chi connectivity index (χ3v) is 7.14. The minimum absolute atomic E-state index is 0.0362. The number of carbonyl (C=O) groups excluding carboxylic acids is 1. The van der Waals surface area contributed by atoms with E-state index in [1.165, 1.54) is 12.1 Å². The zero-order valence-electron chi connectivity index (χ0n) is 22.5. The first kappa shape index (κ1) is 30.1. The standard InChI is InChI=1S/C29H37F3N2O5/c1-28(2,3)21-10-6-19(7-11-21)26(20-8-14-23(15-9-20)38-18-4-5-25(35)36)34-27(37)33-22-12-16-24(17-13-22)39-29(30,31)32/h8-9,12-17,19,21,26H,4-7,10-11,18H2,1-3H3,(H,35,36)(H2,33,34,37). The van der Waals surface area contributed by atoms with Crippen LogP contribution in [0.1, 0.15) is 70.9 Å². The molecule has 2 aromatic carbocycles. The SMILES string of the molecule is CC(C)(C)C1CCC(C(NC(=O)Nc2ccc(OC(F)(F)F)cc2)c2ccc(OCCCC(=O)O)cc2)CC1. The number of hydrogen-bond donors (Lipinski definition) is 3. The van der Waals surface area contributed by atoms with Crippen molar-refractivity contribution < 1.29 is 37.3 Å². The van der Waals surface area contributed by atoms with Crippen molar-refractivity contribution in [2.75, 3.05) is 11.9 Å². The fourth-order valence-corrected chi connectivity index (χ4v) is 5.03. The Hall–Kier alpha value is -3.43. The molecule has 1 aliphatic rings. The summed E-state index contributed by atoms with van der Waals surface area (Å²) in [7, 11) is 0. The molecule has 3 N–H and O–H groups in total. The highest BCUT2D eigenvalue weighted by atomic mass is 19.4. The van der Waals surface area contributed by atoms with Gasteiger partial charge >= 0.3 is 18.4 Å².